The maximum atomic E-state index is 8.89. The minimum Gasteiger partial charge on any atom is -0.398 e. The normalized spacial score (nSPS) is 9.83. The average molecular weight is 278 g/mol. The number of nitrogen functional groups attached to an aromatic ring is 1. The van der Waals surface area contributed by atoms with E-state index in [4.69, 9.17) is 34.2 Å². The molecule has 18 heavy (non-hydrogen) atoms. The standard InChI is InChI=1S/C13H9Cl2N3/c14-11-3-1-10(6-12(11)15)18-9-2-4-13(17)8(5-9)7-16/h1-6,18H,17H2. The second kappa shape index (κ2) is 5.18. The van der Waals surface area contributed by atoms with Crippen LogP contribution in [0.25, 0.3) is 0 Å². The molecule has 0 amide bonds. The van der Waals surface area contributed by atoms with E-state index < -0.39 is 0 Å². The third kappa shape index (κ3) is 2.67. The Labute approximate surface area is 115 Å². The molecule has 0 bridgehead atoms. The summed E-state index contributed by atoms with van der Waals surface area (Å²) in [6.45, 7) is 0. The second-order valence-corrected chi connectivity index (χ2v) is 4.48. The fourth-order valence-electron chi connectivity index (χ4n) is 1.47. The molecule has 3 nitrogen and oxygen atoms in total. The minimum absolute atomic E-state index is 0.431. The topological polar surface area (TPSA) is 61.8 Å². The van der Waals surface area contributed by atoms with Crippen molar-refractivity contribution >= 4 is 40.3 Å². The van der Waals surface area contributed by atoms with E-state index in [9.17, 15) is 0 Å². The Morgan fingerprint density at radius 2 is 1.67 bits per heavy atom. The zero-order valence-corrected chi connectivity index (χ0v) is 10.8. The minimum atomic E-state index is 0.431. The summed E-state index contributed by atoms with van der Waals surface area (Å²) in [5.74, 6) is 0. The van der Waals surface area contributed by atoms with Crippen LogP contribution < -0.4 is 11.1 Å². The van der Waals surface area contributed by atoms with E-state index in [0.29, 0.717) is 21.3 Å². The molecule has 0 saturated heterocycles. The summed E-state index contributed by atoms with van der Waals surface area (Å²) in [4.78, 5) is 0. The van der Waals surface area contributed by atoms with Crippen molar-refractivity contribution in [2.75, 3.05) is 11.1 Å². The summed E-state index contributed by atoms with van der Waals surface area (Å²) in [7, 11) is 0. The first-order valence-electron chi connectivity index (χ1n) is 5.12. The highest BCUT2D eigenvalue weighted by Crippen LogP contribution is 2.27. The van der Waals surface area contributed by atoms with Gasteiger partial charge in [-0.2, -0.15) is 5.26 Å². The Kier molecular flexibility index (Phi) is 3.61. The summed E-state index contributed by atoms with van der Waals surface area (Å²) in [5, 5.41) is 13.0. The van der Waals surface area contributed by atoms with Gasteiger partial charge in [-0.3, -0.25) is 0 Å². The molecule has 0 aliphatic heterocycles. The number of nitriles is 1. The Balaban J connectivity index is 2.29. The smallest absolute Gasteiger partial charge is 0.101 e. The Morgan fingerprint density at radius 1 is 1.00 bits per heavy atom. The van der Waals surface area contributed by atoms with Crippen molar-refractivity contribution in [1.82, 2.24) is 0 Å². The predicted molar refractivity (Wildman–Crippen MR) is 75.3 cm³/mol. The first-order chi connectivity index (χ1) is 8.60. The Morgan fingerprint density at radius 3 is 2.33 bits per heavy atom. The molecule has 90 valence electrons. The molecule has 0 radical (unpaired) electrons. The van der Waals surface area contributed by atoms with Gasteiger partial charge in [0, 0.05) is 17.1 Å². The zero-order chi connectivity index (χ0) is 13.1. The first kappa shape index (κ1) is 12.6. The van der Waals surface area contributed by atoms with Crippen molar-refractivity contribution in [2.24, 2.45) is 0 Å². The lowest BCUT2D eigenvalue weighted by molar-refractivity contribution is 1.47. The molecule has 2 rings (SSSR count). The van der Waals surface area contributed by atoms with Crippen molar-refractivity contribution in [3.05, 3.63) is 52.0 Å². The molecule has 0 aromatic heterocycles. The number of hydrogen-bond donors (Lipinski definition) is 2. The molecular formula is C13H9Cl2N3. The van der Waals surface area contributed by atoms with E-state index in [1.807, 2.05) is 6.07 Å². The number of benzene rings is 2. The highest BCUT2D eigenvalue weighted by atomic mass is 35.5. The predicted octanol–water partition coefficient (Wildman–Crippen LogP) is 4.19. The van der Waals surface area contributed by atoms with Gasteiger partial charge in [0.05, 0.1) is 15.6 Å². The largest absolute Gasteiger partial charge is 0.398 e. The van der Waals surface area contributed by atoms with Gasteiger partial charge in [-0.25, -0.2) is 0 Å². The molecule has 0 aliphatic carbocycles. The molecule has 3 N–H and O–H groups in total. The lowest BCUT2D eigenvalue weighted by atomic mass is 10.1. The van der Waals surface area contributed by atoms with E-state index >= 15 is 0 Å². The average Bonchev–Trinajstić information content (AvgIpc) is 2.36. The quantitative estimate of drug-likeness (QED) is 0.809. The molecule has 0 fully saturated rings. The van der Waals surface area contributed by atoms with Crippen molar-refractivity contribution in [3.63, 3.8) is 0 Å². The summed E-state index contributed by atoms with van der Waals surface area (Å²) in [5.41, 5.74) is 8.09. The lowest BCUT2D eigenvalue weighted by Gasteiger charge is -2.08. The van der Waals surface area contributed by atoms with Gasteiger partial charge in [0.2, 0.25) is 0 Å². The molecular weight excluding hydrogens is 269 g/mol. The zero-order valence-electron chi connectivity index (χ0n) is 9.24. The van der Waals surface area contributed by atoms with Crippen LogP contribution in [-0.4, -0.2) is 0 Å². The molecule has 0 aliphatic rings. The number of halogens is 2. The van der Waals surface area contributed by atoms with Crippen LogP contribution in [0.5, 0.6) is 0 Å². The van der Waals surface area contributed by atoms with E-state index in [0.717, 1.165) is 11.4 Å². The van der Waals surface area contributed by atoms with Crippen LogP contribution in [0.3, 0.4) is 0 Å². The van der Waals surface area contributed by atoms with E-state index in [1.54, 1.807) is 36.4 Å². The molecule has 2 aromatic carbocycles. The third-order valence-corrected chi connectivity index (χ3v) is 3.12. The van der Waals surface area contributed by atoms with Crippen LogP contribution in [0.4, 0.5) is 17.1 Å². The van der Waals surface area contributed by atoms with Crippen molar-refractivity contribution in [1.29, 1.82) is 5.26 Å². The van der Waals surface area contributed by atoms with Crippen LogP contribution >= 0.6 is 23.2 Å². The van der Waals surface area contributed by atoms with E-state index in [1.165, 1.54) is 0 Å². The van der Waals surface area contributed by atoms with Gasteiger partial charge in [-0.15, -0.1) is 0 Å². The Bertz CT molecular complexity index is 633. The third-order valence-electron chi connectivity index (χ3n) is 2.38. The van der Waals surface area contributed by atoms with Gasteiger partial charge in [-0.05, 0) is 36.4 Å². The van der Waals surface area contributed by atoms with Crippen LogP contribution in [0.15, 0.2) is 36.4 Å². The lowest BCUT2D eigenvalue weighted by Crippen LogP contribution is -1.94. The number of anilines is 3. The maximum Gasteiger partial charge on any atom is 0.101 e. The monoisotopic (exact) mass is 277 g/mol. The number of nitrogens with one attached hydrogen (secondary N) is 1. The van der Waals surface area contributed by atoms with Gasteiger partial charge in [0.25, 0.3) is 0 Å². The molecule has 0 atom stereocenters. The van der Waals surface area contributed by atoms with Gasteiger partial charge >= 0.3 is 0 Å². The van der Waals surface area contributed by atoms with Crippen molar-refractivity contribution < 1.29 is 0 Å². The van der Waals surface area contributed by atoms with Gasteiger partial charge in [0.15, 0.2) is 0 Å². The van der Waals surface area contributed by atoms with Gasteiger partial charge in [0.1, 0.15) is 6.07 Å². The molecule has 2 aromatic rings. The molecule has 0 saturated carbocycles. The van der Waals surface area contributed by atoms with Crippen molar-refractivity contribution in [3.8, 4) is 6.07 Å². The first-order valence-corrected chi connectivity index (χ1v) is 5.87. The molecule has 0 heterocycles. The fraction of sp³-hybridized carbons (Fsp3) is 0. The number of nitrogens with two attached hydrogens (primary N) is 1. The summed E-state index contributed by atoms with van der Waals surface area (Å²) in [6.07, 6.45) is 0. The summed E-state index contributed by atoms with van der Waals surface area (Å²) >= 11 is 11.8. The van der Waals surface area contributed by atoms with Crippen LogP contribution in [0.2, 0.25) is 10.0 Å². The summed E-state index contributed by atoms with van der Waals surface area (Å²) in [6, 6.07) is 12.4. The highest BCUT2D eigenvalue weighted by Gasteiger charge is 2.02. The van der Waals surface area contributed by atoms with Crippen LogP contribution in [0, 0.1) is 11.3 Å². The summed E-state index contributed by atoms with van der Waals surface area (Å²) < 4.78 is 0. The van der Waals surface area contributed by atoms with Crippen LogP contribution in [0.1, 0.15) is 5.56 Å². The number of nitrogens with zero attached hydrogens (tertiary/aromatic N) is 1. The van der Waals surface area contributed by atoms with Crippen LogP contribution in [-0.2, 0) is 0 Å². The molecule has 0 spiro atoms. The SMILES string of the molecule is N#Cc1cc(Nc2ccc(Cl)c(Cl)c2)ccc1N. The van der Waals surface area contributed by atoms with Gasteiger partial charge in [-0.1, -0.05) is 23.2 Å². The number of rotatable bonds is 2. The molecule has 0 unspecified atom stereocenters. The Hall–Kier alpha value is -1.89. The molecule has 5 heteroatoms. The number of hydrogen-bond acceptors (Lipinski definition) is 3. The van der Waals surface area contributed by atoms with E-state index in [-0.39, 0.29) is 0 Å². The van der Waals surface area contributed by atoms with Crippen molar-refractivity contribution in [2.45, 2.75) is 0 Å². The van der Waals surface area contributed by atoms with E-state index in [2.05, 4.69) is 5.32 Å². The fourth-order valence-corrected chi connectivity index (χ4v) is 1.77. The highest BCUT2D eigenvalue weighted by molar-refractivity contribution is 6.42. The maximum absolute atomic E-state index is 8.89. The van der Waals surface area contributed by atoms with Gasteiger partial charge < -0.3 is 11.1 Å². The second-order valence-electron chi connectivity index (χ2n) is 3.67.